The van der Waals surface area contributed by atoms with Crippen LogP contribution in [-0.2, 0) is 6.61 Å². The number of aromatic nitrogens is 1. The molecule has 4 rings (SSSR count). The Morgan fingerprint density at radius 3 is 3.00 bits per heavy atom. The SMILES string of the molecule is O=C(NC1CC(c2cccs2)NN1)c1cccc(OCc2cccnc2)c1. The summed E-state index contributed by atoms with van der Waals surface area (Å²) in [7, 11) is 0. The Labute approximate surface area is 161 Å². The lowest BCUT2D eigenvalue weighted by atomic mass is 10.1. The van der Waals surface area contributed by atoms with Crippen LogP contribution in [0.5, 0.6) is 5.75 Å². The number of nitrogens with zero attached hydrogens (tertiary/aromatic N) is 1. The third-order valence-corrected chi connectivity index (χ3v) is 5.31. The van der Waals surface area contributed by atoms with Crippen molar-refractivity contribution in [3.05, 3.63) is 82.3 Å². The molecule has 0 saturated carbocycles. The van der Waals surface area contributed by atoms with Crippen LogP contribution in [-0.4, -0.2) is 17.1 Å². The summed E-state index contributed by atoms with van der Waals surface area (Å²) in [6, 6.07) is 15.4. The summed E-state index contributed by atoms with van der Waals surface area (Å²) in [4.78, 5) is 17.9. The number of carbonyl (C=O) groups excluding carboxylic acids is 1. The molecule has 0 spiro atoms. The van der Waals surface area contributed by atoms with E-state index in [9.17, 15) is 4.79 Å². The fourth-order valence-electron chi connectivity index (χ4n) is 2.95. The van der Waals surface area contributed by atoms with Gasteiger partial charge in [-0.15, -0.1) is 11.3 Å². The molecule has 0 radical (unpaired) electrons. The second-order valence-electron chi connectivity index (χ2n) is 6.30. The summed E-state index contributed by atoms with van der Waals surface area (Å²) in [6.07, 6.45) is 4.16. The Bertz CT molecular complexity index is 886. The zero-order chi connectivity index (χ0) is 18.5. The molecule has 1 fully saturated rings. The molecule has 1 saturated heterocycles. The minimum absolute atomic E-state index is 0.121. The normalized spacial score (nSPS) is 19.0. The lowest BCUT2D eigenvalue weighted by Crippen LogP contribution is -2.44. The molecule has 1 aliphatic rings. The molecule has 2 atom stereocenters. The first-order valence-corrected chi connectivity index (χ1v) is 9.63. The standard InChI is InChI=1S/C20H20N4O2S/c25-20(22-19-11-17(23-24-19)18-7-3-9-27-18)15-5-1-6-16(10-15)26-13-14-4-2-8-21-12-14/h1-10,12,17,19,23-24H,11,13H2,(H,22,25). The van der Waals surface area contributed by atoms with Gasteiger partial charge in [0.15, 0.2) is 0 Å². The Morgan fingerprint density at radius 1 is 1.22 bits per heavy atom. The second kappa shape index (κ2) is 8.30. The fraction of sp³-hybridized carbons (Fsp3) is 0.200. The number of benzene rings is 1. The molecule has 3 heterocycles. The van der Waals surface area contributed by atoms with Gasteiger partial charge in [0, 0.05) is 34.8 Å². The number of ether oxygens (including phenoxy) is 1. The van der Waals surface area contributed by atoms with Crippen molar-refractivity contribution in [2.24, 2.45) is 0 Å². The number of pyridine rings is 1. The van der Waals surface area contributed by atoms with Gasteiger partial charge in [-0.1, -0.05) is 18.2 Å². The number of hydrogen-bond acceptors (Lipinski definition) is 6. The largest absolute Gasteiger partial charge is 0.489 e. The van der Waals surface area contributed by atoms with Gasteiger partial charge in [-0.05, 0) is 35.7 Å². The minimum Gasteiger partial charge on any atom is -0.489 e. The maximum atomic E-state index is 12.6. The summed E-state index contributed by atoms with van der Waals surface area (Å²) in [5.74, 6) is 0.522. The molecular formula is C20H20N4O2S. The van der Waals surface area contributed by atoms with Gasteiger partial charge in [0.05, 0.1) is 12.2 Å². The van der Waals surface area contributed by atoms with Gasteiger partial charge < -0.3 is 10.1 Å². The lowest BCUT2D eigenvalue weighted by Gasteiger charge is -2.13. The Morgan fingerprint density at radius 2 is 2.19 bits per heavy atom. The van der Waals surface area contributed by atoms with Gasteiger partial charge in [-0.3, -0.25) is 9.78 Å². The van der Waals surface area contributed by atoms with E-state index in [1.807, 2.05) is 30.3 Å². The molecule has 2 aromatic heterocycles. The molecule has 27 heavy (non-hydrogen) atoms. The van der Waals surface area contributed by atoms with E-state index in [0.717, 1.165) is 12.0 Å². The van der Waals surface area contributed by atoms with Gasteiger partial charge in [0.1, 0.15) is 12.4 Å². The van der Waals surface area contributed by atoms with Crippen LogP contribution >= 0.6 is 11.3 Å². The van der Waals surface area contributed by atoms with Crippen LogP contribution in [0.25, 0.3) is 0 Å². The maximum absolute atomic E-state index is 12.6. The molecule has 3 aromatic rings. The molecule has 138 valence electrons. The van der Waals surface area contributed by atoms with Gasteiger partial charge in [0.2, 0.25) is 0 Å². The number of hydrogen-bond donors (Lipinski definition) is 3. The summed E-state index contributed by atoms with van der Waals surface area (Å²) >= 11 is 1.71. The highest BCUT2D eigenvalue weighted by Crippen LogP contribution is 2.25. The van der Waals surface area contributed by atoms with Crippen molar-refractivity contribution >= 4 is 17.2 Å². The van der Waals surface area contributed by atoms with Crippen LogP contribution in [0, 0.1) is 0 Å². The summed E-state index contributed by atoms with van der Waals surface area (Å²) in [6.45, 7) is 0.412. The van der Waals surface area contributed by atoms with E-state index >= 15 is 0 Å². The smallest absolute Gasteiger partial charge is 0.252 e. The fourth-order valence-corrected chi connectivity index (χ4v) is 3.74. The van der Waals surface area contributed by atoms with Crippen molar-refractivity contribution < 1.29 is 9.53 Å². The van der Waals surface area contributed by atoms with E-state index in [1.54, 1.807) is 35.9 Å². The Balaban J connectivity index is 1.34. The van der Waals surface area contributed by atoms with Crippen LogP contribution in [0.4, 0.5) is 0 Å². The molecule has 7 heteroatoms. The van der Waals surface area contributed by atoms with Crippen molar-refractivity contribution in [2.45, 2.75) is 25.2 Å². The van der Waals surface area contributed by atoms with E-state index in [4.69, 9.17) is 4.74 Å². The molecule has 1 aliphatic heterocycles. The predicted octanol–water partition coefficient (Wildman–Crippen LogP) is 3.02. The van der Waals surface area contributed by atoms with Gasteiger partial charge in [0.25, 0.3) is 5.91 Å². The highest BCUT2D eigenvalue weighted by Gasteiger charge is 2.26. The van der Waals surface area contributed by atoms with E-state index in [-0.39, 0.29) is 18.1 Å². The van der Waals surface area contributed by atoms with Crippen molar-refractivity contribution in [1.29, 1.82) is 0 Å². The first-order valence-electron chi connectivity index (χ1n) is 8.75. The monoisotopic (exact) mass is 380 g/mol. The quantitative estimate of drug-likeness (QED) is 0.613. The second-order valence-corrected chi connectivity index (χ2v) is 7.28. The number of thiophene rings is 1. The summed E-state index contributed by atoms with van der Waals surface area (Å²) in [5, 5.41) is 5.07. The van der Waals surface area contributed by atoms with Crippen LogP contribution in [0.3, 0.4) is 0 Å². The predicted molar refractivity (Wildman–Crippen MR) is 104 cm³/mol. The van der Waals surface area contributed by atoms with Gasteiger partial charge in [-0.25, -0.2) is 10.9 Å². The molecule has 0 bridgehead atoms. The number of carbonyl (C=O) groups is 1. The molecule has 1 amide bonds. The third-order valence-electron chi connectivity index (χ3n) is 4.32. The zero-order valence-corrected chi connectivity index (χ0v) is 15.4. The first-order chi connectivity index (χ1) is 13.3. The minimum atomic E-state index is -0.132. The number of amides is 1. The molecule has 0 aliphatic carbocycles. The van der Waals surface area contributed by atoms with E-state index in [2.05, 4.69) is 32.6 Å². The number of rotatable bonds is 6. The lowest BCUT2D eigenvalue weighted by molar-refractivity contribution is 0.0932. The van der Waals surface area contributed by atoms with Gasteiger partial charge >= 0.3 is 0 Å². The van der Waals surface area contributed by atoms with Crippen molar-refractivity contribution in [1.82, 2.24) is 21.2 Å². The van der Waals surface area contributed by atoms with Crippen LogP contribution < -0.4 is 20.9 Å². The maximum Gasteiger partial charge on any atom is 0.252 e. The van der Waals surface area contributed by atoms with E-state index in [0.29, 0.717) is 17.9 Å². The van der Waals surface area contributed by atoms with Crippen molar-refractivity contribution in [2.75, 3.05) is 0 Å². The zero-order valence-electron chi connectivity index (χ0n) is 14.6. The molecule has 6 nitrogen and oxygen atoms in total. The van der Waals surface area contributed by atoms with E-state index < -0.39 is 0 Å². The third kappa shape index (κ3) is 4.51. The summed E-state index contributed by atoms with van der Waals surface area (Å²) < 4.78 is 5.77. The number of nitrogens with one attached hydrogen (secondary N) is 3. The molecule has 1 aromatic carbocycles. The van der Waals surface area contributed by atoms with Gasteiger partial charge in [-0.2, -0.15) is 0 Å². The van der Waals surface area contributed by atoms with Crippen molar-refractivity contribution in [3.63, 3.8) is 0 Å². The summed E-state index contributed by atoms with van der Waals surface area (Å²) in [5.41, 5.74) is 7.92. The Hall–Kier alpha value is -2.74. The highest BCUT2D eigenvalue weighted by atomic mass is 32.1. The van der Waals surface area contributed by atoms with Crippen LogP contribution in [0.2, 0.25) is 0 Å². The van der Waals surface area contributed by atoms with Crippen molar-refractivity contribution in [3.8, 4) is 5.75 Å². The molecule has 2 unspecified atom stereocenters. The average Bonchev–Trinajstić information content (AvgIpc) is 3.39. The molecular weight excluding hydrogens is 360 g/mol. The van der Waals surface area contributed by atoms with Crippen LogP contribution in [0.1, 0.15) is 33.3 Å². The topological polar surface area (TPSA) is 75.3 Å². The number of hydrazine groups is 1. The van der Waals surface area contributed by atoms with Crippen LogP contribution in [0.15, 0.2) is 66.3 Å². The molecule has 3 N–H and O–H groups in total. The Kier molecular flexibility index (Phi) is 5.43. The van der Waals surface area contributed by atoms with E-state index in [1.165, 1.54) is 4.88 Å². The highest BCUT2D eigenvalue weighted by molar-refractivity contribution is 7.10. The first kappa shape index (κ1) is 17.7. The average molecular weight is 380 g/mol.